The molecular formula is C17H9B3BrNO5. The largest absolute Gasteiger partial charge is 0.507 e. The molecule has 2 aromatic carbocycles. The van der Waals surface area contributed by atoms with E-state index >= 15 is 0 Å². The number of hydrogen-bond acceptors (Lipinski definition) is 5. The molecule has 1 N–H and O–H groups in total. The van der Waals surface area contributed by atoms with E-state index in [-0.39, 0.29) is 50.0 Å². The van der Waals surface area contributed by atoms with Crippen LogP contribution >= 0.6 is 15.9 Å². The Morgan fingerprint density at radius 2 is 1.93 bits per heavy atom. The normalized spacial score (nSPS) is 11.0. The van der Waals surface area contributed by atoms with E-state index in [1.807, 2.05) is 0 Å². The lowest BCUT2D eigenvalue weighted by molar-refractivity contribution is -0.382. The van der Waals surface area contributed by atoms with E-state index in [9.17, 15) is 20.0 Å². The number of aryl methyl sites for hydroxylation is 1. The molecule has 1 heterocycles. The van der Waals surface area contributed by atoms with Gasteiger partial charge in [0.15, 0.2) is 5.78 Å². The molecular weight excluding hydrogens is 411 g/mol. The van der Waals surface area contributed by atoms with E-state index in [0.29, 0.717) is 10.9 Å². The van der Waals surface area contributed by atoms with Gasteiger partial charge < -0.3 is 9.52 Å². The van der Waals surface area contributed by atoms with Crippen molar-refractivity contribution in [2.45, 2.75) is 13.3 Å². The molecule has 128 valence electrons. The van der Waals surface area contributed by atoms with Crippen molar-refractivity contribution >= 4 is 78.3 Å². The minimum atomic E-state index is -0.743. The zero-order valence-electron chi connectivity index (χ0n) is 14.1. The Balaban J connectivity index is 2.37. The Kier molecular flexibility index (Phi) is 4.95. The molecule has 3 aromatic rings. The summed E-state index contributed by atoms with van der Waals surface area (Å²) < 4.78 is 5.99. The number of furan rings is 1. The van der Waals surface area contributed by atoms with Gasteiger partial charge in [0.1, 0.15) is 40.6 Å². The lowest BCUT2D eigenvalue weighted by atomic mass is 9.72. The summed E-state index contributed by atoms with van der Waals surface area (Å²) in [5, 5.41) is 21.1. The van der Waals surface area contributed by atoms with Crippen LogP contribution in [0.2, 0.25) is 0 Å². The molecule has 0 amide bonds. The standard InChI is InChI=1S/C17H9B3BrNO5/c1-2-9-10(16(24)6-3-4-8(23)7(21)5-6)11-12(18)13(19)15(22(25)26)14(20)17(11)27-9/h3-5,23H,2H2,1H3. The number of nitro groups is 1. The molecule has 6 nitrogen and oxygen atoms in total. The molecule has 0 saturated carbocycles. The first kappa shape index (κ1) is 19.3. The van der Waals surface area contributed by atoms with Crippen molar-refractivity contribution in [1.82, 2.24) is 0 Å². The number of phenols is 1. The summed E-state index contributed by atoms with van der Waals surface area (Å²) in [6.07, 6.45) is 0.321. The molecule has 0 bridgehead atoms. The summed E-state index contributed by atoms with van der Waals surface area (Å²) in [5.41, 5.74) is -0.968. The van der Waals surface area contributed by atoms with Gasteiger partial charge in [0.05, 0.1) is 15.0 Å². The summed E-state index contributed by atoms with van der Waals surface area (Å²) in [6.45, 7) is 1.76. The molecule has 0 saturated heterocycles. The zero-order valence-corrected chi connectivity index (χ0v) is 15.7. The number of benzene rings is 2. The quantitative estimate of drug-likeness (QED) is 0.295. The van der Waals surface area contributed by atoms with Crippen molar-refractivity contribution in [2.24, 2.45) is 0 Å². The summed E-state index contributed by atoms with van der Waals surface area (Å²) in [7, 11) is 17.7. The Labute approximate surface area is 166 Å². The van der Waals surface area contributed by atoms with Crippen LogP contribution < -0.4 is 16.4 Å². The number of fused-ring (bicyclic) bond motifs is 1. The van der Waals surface area contributed by atoms with Crippen molar-refractivity contribution in [1.29, 1.82) is 0 Å². The highest BCUT2D eigenvalue weighted by Gasteiger charge is 2.28. The molecule has 6 radical (unpaired) electrons. The lowest BCUT2D eigenvalue weighted by Gasteiger charge is -2.10. The average molecular weight is 420 g/mol. The monoisotopic (exact) mass is 419 g/mol. The van der Waals surface area contributed by atoms with E-state index in [1.54, 1.807) is 6.92 Å². The fraction of sp³-hybridized carbons (Fsp3) is 0.118. The van der Waals surface area contributed by atoms with Gasteiger partial charge in [-0.25, -0.2) is 0 Å². The zero-order chi connectivity index (χ0) is 20.0. The first-order valence-corrected chi connectivity index (χ1v) is 8.57. The number of hydrogen-bond donors (Lipinski definition) is 1. The molecule has 0 atom stereocenters. The molecule has 0 spiro atoms. The first-order chi connectivity index (χ1) is 12.7. The van der Waals surface area contributed by atoms with Crippen LogP contribution in [-0.4, -0.2) is 39.4 Å². The van der Waals surface area contributed by atoms with Crippen molar-refractivity contribution in [3.63, 3.8) is 0 Å². The Morgan fingerprint density at radius 3 is 2.48 bits per heavy atom. The van der Waals surface area contributed by atoms with Crippen LogP contribution in [0.25, 0.3) is 11.0 Å². The average Bonchev–Trinajstić information content (AvgIpc) is 3.01. The van der Waals surface area contributed by atoms with Crippen LogP contribution in [0.5, 0.6) is 5.75 Å². The second kappa shape index (κ2) is 6.92. The molecule has 1 aromatic heterocycles. The number of phenolic OH excluding ortho intramolecular Hbond substituents is 1. The highest BCUT2D eigenvalue weighted by molar-refractivity contribution is 9.10. The van der Waals surface area contributed by atoms with Crippen LogP contribution in [-0.2, 0) is 6.42 Å². The lowest BCUT2D eigenvalue weighted by Crippen LogP contribution is -2.35. The topological polar surface area (TPSA) is 93.6 Å². The molecule has 0 aliphatic rings. The van der Waals surface area contributed by atoms with Gasteiger partial charge in [0.2, 0.25) is 0 Å². The smallest absolute Gasteiger partial charge is 0.258 e. The van der Waals surface area contributed by atoms with Crippen LogP contribution in [0.1, 0.15) is 28.6 Å². The summed E-state index contributed by atoms with van der Waals surface area (Å²) >= 11 is 3.16. The first-order valence-electron chi connectivity index (χ1n) is 7.78. The number of carbonyl (C=O) groups is 1. The Hall–Kier alpha value is -2.48. The Morgan fingerprint density at radius 1 is 1.26 bits per heavy atom. The van der Waals surface area contributed by atoms with Gasteiger partial charge >= 0.3 is 0 Å². The minimum Gasteiger partial charge on any atom is -0.507 e. The van der Waals surface area contributed by atoms with Crippen molar-refractivity contribution in [2.75, 3.05) is 0 Å². The SMILES string of the molecule is [B]c1c([N+](=O)[O-])c([B])c2oc(CC)c(C(=O)c3ccc(O)c(Br)c3)c2c1[B]. The fourth-order valence-electron chi connectivity index (χ4n) is 2.92. The molecule has 0 unspecified atom stereocenters. The third-order valence-corrected chi connectivity index (χ3v) is 4.87. The summed E-state index contributed by atoms with van der Waals surface area (Å²) in [4.78, 5) is 23.7. The molecule has 0 fully saturated rings. The van der Waals surface area contributed by atoms with Crippen molar-refractivity contribution in [3.8, 4) is 5.75 Å². The van der Waals surface area contributed by atoms with E-state index in [2.05, 4.69) is 15.9 Å². The highest BCUT2D eigenvalue weighted by Crippen LogP contribution is 2.30. The number of aromatic hydroxyl groups is 1. The Bertz CT molecular complexity index is 1130. The maximum atomic E-state index is 13.1. The highest BCUT2D eigenvalue weighted by atomic mass is 79.9. The van der Waals surface area contributed by atoms with Gasteiger partial charge in [-0.3, -0.25) is 14.9 Å². The van der Waals surface area contributed by atoms with Gasteiger partial charge in [-0.1, -0.05) is 12.4 Å². The van der Waals surface area contributed by atoms with Gasteiger partial charge in [-0.05, 0) is 39.6 Å². The third kappa shape index (κ3) is 2.98. The van der Waals surface area contributed by atoms with E-state index in [1.165, 1.54) is 18.2 Å². The van der Waals surface area contributed by atoms with Crippen molar-refractivity contribution in [3.05, 3.63) is 49.7 Å². The number of halogens is 1. The fourth-order valence-corrected chi connectivity index (χ4v) is 3.30. The third-order valence-electron chi connectivity index (χ3n) is 4.24. The second-order valence-corrected chi connectivity index (χ2v) is 6.65. The van der Waals surface area contributed by atoms with E-state index in [0.717, 1.165) is 0 Å². The number of rotatable bonds is 4. The predicted molar refractivity (Wildman–Crippen MR) is 108 cm³/mol. The summed E-state index contributed by atoms with van der Waals surface area (Å²) in [6, 6.07) is 4.25. The molecule has 27 heavy (non-hydrogen) atoms. The van der Waals surface area contributed by atoms with Crippen molar-refractivity contribution < 1.29 is 19.2 Å². The van der Waals surface area contributed by atoms with Crippen LogP contribution in [0.4, 0.5) is 5.69 Å². The molecule has 10 heteroatoms. The molecule has 0 aliphatic heterocycles. The number of nitrogens with zero attached hydrogens (tertiary/aromatic N) is 1. The molecule has 3 rings (SSSR count). The van der Waals surface area contributed by atoms with Crippen LogP contribution in [0.15, 0.2) is 27.1 Å². The van der Waals surface area contributed by atoms with Crippen LogP contribution in [0.3, 0.4) is 0 Å². The van der Waals surface area contributed by atoms with Crippen LogP contribution in [0, 0.1) is 10.1 Å². The van der Waals surface area contributed by atoms with Gasteiger partial charge in [0, 0.05) is 22.8 Å². The van der Waals surface area contributed by atoms with Gasteiger partial charge in [-0.2, -0.15) is 0 Å². The maximum Gasteiger partial charge on any atom is 0.258 e. The number of carbonyl (C=O) groups excluding carboxylic acids is 1. The number of nitro benzene ring substituents is 1. The number of ketones is 1. The van der Waals surface area contributed by atoms with Gasteiger partial charge in [-0.15, -0.1) is 0 Å². The predicted octanol–water partition coefficient (Wildman–Crippen LogP) is 0.984. The maximum absolute atomic E-state index is 13.1. The minimum absolute atomic E-state index is 0.0251. The van der Waals surface area contributed by atoms with E-state index < -0.39 is 16.4 Å². The van der Waals surface area contributed by atoms with Gasteiger partial charge in [0.25, 0.3) is 5.69 Å². The molecule has 0 aliphatic carbocycles. The second-order valence-electron chi connectivity index (χ2n) is 5.80. The van der Waals surface area contributed by atoms with E-state index in [4.69, 9.17) is 28.0 Å². The summed E-state index contributed by atoms with van der Waals surface area (Å²) in [5.74, 6) is -0.189.